The Morgan fingerprint density at radius 1 is 1.20 bits per heavy atom. The molecule has 1 saturated heterocycles. The lowest BCUT2D eigenvalue weighted by atomic mass is 9.96. The molecule has 0 saturated carbocycles. The quantitative estimate of drug-likeness (QED) is 0.771. The van der Waals surface area contributed by atoms with Crippen LogP contribution in [0.4, 0.5) is 5.82 Å². The summed E-state index contributed by atoms with van der Waals surface area (Å²) in [6.45, 7) is 9.67. The first kappa shape index (κ1) is 16.1. The summed E-state index contributed by atoms with van der Waals surface area (Å²) >= 11 is 0. The fourth-order valence-corrected chi connectivity index (χ4v) is 3.49. The molecule has 1 N–H and O–H groups in total. The molecule has 25 heavy (non-hydrogen) atoms. The van der Waals surface area contributed by atoms with Crippen LogP contribution in [0.2, 0.25) is 0 Å². The third-order valence-corrected chi connectivity index (χ3v) is 5.10. The Labute approximate surface area is 146 Å². The fraction of sp³-hybridized carbons (Fsp3) is 0.500. The van der Waals surface area contributed by atoms with Gasteiger partial charge in [0.05, 0.1) is 6.10 Å². The Morgan fingerprint density at radius 2 is 2.00 bits per heavy atom. The van der Waals surface area contributed by atoms with E-state index in [1.165, 1.54) is 0 Å². The molecule has 4 rings (SSSR count). The molecule has 2 atom stereocenters. The van der Waals surface area contributed by atoms with E-state index in [2.05, 4.69) is 28.9 Å². The number of aliphatic hydroxyl groups is 1. The number of aromatic nitrogens is 4. The maximum absolute atomic E-state index is 10.1. The zero-order chi connectivity index (χ0) is 17.7. The summed E-state index contributed by atoms with van der Waals surface area (Å²) < 4.78 is 7.07. The van der Waals surface area contributed by atoms with E-state index in [-0.39, 0.29) is 12.0 Å². The third-order valence-electron chi connectivity index (χ3n) is 5.10. The normalized spacial score (nSPS) is 21.2. The minimum absolute atomic E-state index is 0.227. The van der Waals surface area contributed by atoms with Gasteiger partial charge >= 0.3 is 0 Å². The predicted octanol–water partition coefficient (Wildman–Crippen LogP) is 2.52. The van der Waals surface area contributed by atoms with Gasteiger partial charge in [-0.3, -0.25) is 0 Å². The Morgan fingerprint density at radius 3 is 2.68 bits per heavy atom. The van der Waals surface area contributed by atoms with Crippen molar-refractivity contribution < 1.29 is 9.63 Å². The fourth-order valence-electron chi connectivity index (χ4n) is 3.49. The SMILES string of the molecule is Cc1cc(-c2cc3nc(C)c(C)c(N4CC[C@@H](O)[C@@H](C)C4)n3n2)no1. The minimum Gasteiger partial charge on any atom is -0.393 e. The summed E-state index contributed by atoms with van der Waals surface area (Å²) in [6, 6.07) is 3.82. The zero-order valence-electron chi connectivity index (χ0n) is 15.0. The number of rotatable bonds is 2. The molecule has 3 aromatic rings. The monoisotopic (exact) mass is 341 g/mol. The van der Waals surface area contributed by atoms with Gasteiger partial charge in [-0.15, -0.1) is 0 Å². The number of hydrogen-bond acceptors (Lipinski definition) is 6. The van der Waals surface area contributed by atoms with E-state index < -0.39 is 0 Å². The number of fused-ring (bicyclic) bond motifs is 1. The first-order valence-corrected chi connectivity index (χ1v) is 8.67. The summed E-state index contributed by atoms with van der Waals surface area (Å²) in [5.74, 6) is 2.03. The topological polar surface area (TPSA) is 79.7 Å². The smallest absolute Gasteiger partial charge is 0.158 e. The number of nitrogens with zero attached hydrogens (tertiary/aromatic N) is 5. The highest BCUT2D eigenvalue weighted by molar-refractivity contribution is 5.65. The van der Waals surface area contributed by atoms with Gasteiger partial charge in [0.2, 0.25) is 0 Å². The van der Waals surface area contributed by atoms with Crippen LogP contribution in [0.15, 0.2) is 16.7 Å². The molecule has 0 spiro atoms. The van der Waals surface area contributed by atoms with Gasteiger partial charge in [0, 0.05) is 36.5 Å². The molecule has 0 aromatic carbocycles. The van der Waals surface area contributed by atoms with Crippen molar-refractivity contribution in [2.75, 3.05) is 18.0 Å². The largest absolute Gasteiger partial charge is 0.393 e. The molecule has 7 nitrogen and oxygen atoms in total. The summed E-state index contributed by atoms with van der Waals surface area (Å²) in [7, 11) is 0. The maximum atomic E-state index is 10.1. The lowest BCUT2D eigenvalue weighted by Gasteiger charge is -2.36. The Hall–Kier alpha value is -2.41. The minimum atomic E-state index is -0.235. The van der Waals surface area contributed by atoms with Crippen LogP contribution >= 0.6 is 0 Å². The first-order valence-electron chi connectivity index (χ1n) is 8.67. The van der Waals surface area contributed by atoms with Crippen LogP contribution in [-0.4, -0.2) is 44.1 Å². The highest BCUT2D eigenvalue weighted by Crippen LogP contribution is 2.30. The van der Waals surface area contributed by atoms with Crippen molar-refractivity contribution in [1.29, 1.82) is 0 Å². The average molecular weight is 341 g/mol. The van der Waals surface area contributed by atoms with Gasteiger partial charge in [-0.05, 0) is 33.1 Å². The Kier molecular flexibility index (Phi) is 3.76. The molecule has 1 fully saturated rings. The highest BCUT2D eigenvalue weighted by atomic mass is 16.5. The summed E-state index contributed by atoms with van der Waals surface area (Å²) in [5, 5.41) is 18.9. The Bertz CT molecular complexity index is 929. The summed E-state index contributed by atoms with van der Waals surface area (Å²) in [6.07, 6.45) is 0.529. The standard InChI is InChI=1S/C18H23N5O2/c1-10-9-22(6-5-16(10)24)18-12(3)13(4)19-17-8-14(20-23(17)18)15-7-11(2)25-21-15/h7-8,10,16,24H,5-6,9H2,1-4H3/t10-,16+/m0/s1. The van der Waals surface area contributed by atoms with E-state index in [9.17, 15) is 5.11 Å². The second-order valence-electron chi connectivity index (χ2n) is 7.05. The van der Waals surface area contributed by atoms with Gasteiger partial charge in [0.15, 0.2) is 5.65 Å². The second kappa shape index (κ2) is 5.84. The summed E-state index contributed by atoms with van der Waals surface area (Å²) in [5.41, 5.74) is 4.37. The number of aliphatic hydroxyl groups excluding tert-OH is 1. The number of anilines is 1. The average Bonchev–Trinajstić information content (AvgIpc) is 3.17. The molecule has 1 aliphatic rings. The van der Waals surface area contributed by atoms with Crippen LogP contribution in [0.3, 0.4) is 0 Å². The van der Waals surface area contributed by atoms with Crippen LogP contribution in [0.1, 0.15) is 30.4 Å². The van der Waals surface area contributed by atoms with Crippen molar-refractivity contribution in [1.82, 2.24) is 19.8 Å². The van der Waals surface area contributed by atoms with Crippen molar-refractivity contribution in [3.63, 3.8) is 0 Å². The van der Waals surface area contributed by atoms with Crippen LogP contribution in [0.25, 0.3) is 17.0 Å². The molecule has 0 radical (unpaired) electrons. The van der Waals surface area contributed by atoms with Crippen LogP contribution < -0.4 is 4.90 Å². The summed E-state index contributed by atoms with van der Waals surface area (Å²) in [4.78, 5) is 6.99. The van der Waals surface area contributed by atoms with E-state index in [4.69, 9.17) is 9.62 Å². The van der Waals surface area contributed by atoms with Crippen LogP contribution in [0.5, 0.6) is 0 Å². The van der Waals surface area contributed by atoms with Crippen molar-refractivity contribution in [2.45, 2.75) is 40.2 Å². The lowest BCUT2D eigenvalue weighted by molar-refractivity contribution is 0.0967. The van der Waals surface area contributed by atoms with E-state index in [1.54, 1.807) is 0 Å². The van der Waals surface area contributed by atoms with Crippen molar-refractivity contribution in [2.24, 2.45) is 5.92 Å². The molecule has 0 amide bonds. The molecule has 4 heterocycles. The Balaban J connectivity index is 1.84. The van der Waals surface area contributed by atoms with Gasteiger partial charge in [-0.1, -0.05) is 12.1 Å². The van der Waals surface area contributed by atoms with Gasteiger partial charge in [-0.2, -0.15) is 9.61 Å². The molecule has 1 aliphatic heterocycles. The van der Waals surface area contributed by atoms with Crippen LogP contribution in [0, 0.1) is 26.7 Å². The van der Waals surface area contributed by atoms with E-state index in [0.717, 1.165) is 53.7 Å². The van der Waals surface area contributed by atoms with Gasteiger partial charge in [0.25, 0.3) is 0 Å². The predicted molar refractivity (Wildman–Crippen MR) is 94.7 cm³/mol. The first-order chi connectivity index (χ1) is 11.9. The van der Waals surface area contributed by atoms with Gasteiger partial charge in [0.1, 0.15) is 23.0 Å². The van der Waals surface area contributed by atoms with Gasteiger partial charge < -0.3 is 14.5 Å². The molecule has 0 bridgehead atoms. The van der Waals surface area contributed by atoms with Gasteiger partial charge in [-0.25, -0.2) is 4.98 Å². The van der Waals surface area contributed by atoms with E-state index >= 15 is 0 Å². The van der Waals surface area contributed by atoms with Crippen LogP contribution in [-0.2, 0) is 0 Å². The molecule has 0 unspecified atom stereocenters. The third kappa shape index (κ3) is 2.68. The maximum Gasteiger partial charge on any atom is 0.158 e. The van der Waals surface area contributed by atoms with Crippen molar-refractivity contribution in [3.05, 3.63) is 29.2 Å². The molecule has 0 aliphatic carbocycles. The zero-order valence-corrected chi connectivity index (χ0v) is 15.0. The molecule has 132 valence electrons. The van der Waals surface area contributed by atoms with E-state index in [0.29, 0.717) is 5.69 Å². The molecular formula is C18H23N5O2. The second-order valence-corrected chi connectivity index (χ2v) is 7.05. The van der Waals surface area contributed by atoms with Crippen molar-refractivity contribution in [3.8, 4) is 11.4 Å². The number of aryl methyl sites for hydroxylation is 2. The molecular weight excluding hydrogens is 318 g/mol. The van der Waals surface area contributed by atoms with E-state index in [1.807, 2.05) is 30.5 Å². The number of piperidine rings is 1. The highest BCUT2D eigenvalue weighted by Gasteiger charge is 2.28. The number of hydrogen-bond donors (Lipinski definition) is 1. The molecule has 7 heteroatoms. The van der Waals surface area contributed by atoms with Crippen molar-refractivity contribution >= 4 is 11.5 Å². The lowest BCUT2D eigenvalue weighted by Crippen LogP contribution is -2.43. The molecule has 3 aromatic heterocycles.